The predicted molar refractivity (Wildman–Crippen MR) is 179 cm³/mol. The smallest absolute Gasteiger partial charge is 0.336 e. The standard InChI is InChI=1S/C33H46N2O6.2ClH/c1-32(2,13-9-15-34(5)6)19-22-18-26-28(29(36)23-17-21(30(37)38)11-12-25(23)41-26)24(27(22)31(39)40)20-33(3,4)14-10-16-35(7)8;;/h11-12,17-18H,9-10,13-16,19-20H2,1-8H3,(H,37,38)(H,39,40);2*1H. The van der Waals surface area contributed by atoms with Gasteiger partial charge in [-0.1, -0.05) is 27.7 Å². The van der Waals surface area contributed by atoms with E-state index in [1.807, 2.05) is 28.2 Å². The monoisotopic (exact) mass is 638 g/mol. The average molecular weight is 640 g/mol. The van der Waals surface area contributed by atoms with Crippen molar-refractivity contribution in [2.45, 2.75) is 66.2 Å². The molecule has 240 valence electrons. The van der Waals surface area contributed by atoms with Gasteiger partial charge < -0.3 is 24.4 Å². The van der Waals surface area contributed by atoms with Crippen LogP contribution in [0.25, 0.3) is 21.9 Å². The number of halogens is 2. The van der Waals surface area contributed by atoms with E-state index in [0.29, 0.717) is 29.6 Å². The molecule has 0 unspecified atom stereocenters. The van der Waals surface area contributed by atoms with E-state index in [9.17, 15) is 24.6 Å². The fourth-order valence-electron chi connectivity index (χ4n) is 5.78. The maximum absolute atomic E-state index is 14.0. The largest absolute Gasteiger partial charge is 0.478 e. The number of carboxylic acids is 2. The van der Waals surface area contributed by atoms with Crippen molar-refractivity contribution in [3.8, 4) is 0 Å². The molecule has 0 aliphatic rings. The molecule has 0 aliphatic heterocycles. The van der Waals surface area contributed by atoms with E-state index in [4.69, 9.17) is 4.42 Å². The van der Waals surface area contributed by atoms with Crippen LogP contribution in [0, 0.1) is 10.8 Å². The van der Waals surface area contributed by atoms with Crippen LogP contribution >= 0.6 is 24.8 Å². The Hall–Kier alpha value is -2.65. The molecule has 1 aromatic heterocycles. The molecular formula is C33H48Cl2N2O6. The van der Waals surface area contributed by atoms with Crippen LogP contribution in [0.1, 0.15) is 85.2 Å². The van der Waals surface area contributed by atoms with E-state index in [1.165, 1.54) is 18.2 Å². The van der Waals surface area contributed by atoms with Gasteiger partial charge in [-0.25, -0.2) is 9.59 Å². The second kappa shape index (κ2) is 15.4. The van der Waals surface area contributed by atoms with Crippen molar-refractivity contribution >= 4 is 58.7 Å². The number of aromatic carboxylic acids is 2. The van der Waals surface area contributed by atoms with Gasteiger partial charge in [0.1, 0.15) is 11.2 Å². The second-order valence-electron chi connectivity index (χ2n) is 13.5. The molecule has 0 saturated carbocycles. The van der Waals surface area contributed by atoms with E-state index in [2.05, 4.69) is 37.5 Å². The molecule has 8 nitrogen and oxygen atoms in total. The Morgan fingerprint density at radius 1 is 0.791 bits per heavy atom. The molecule has 0 spiro atoms. The summed E-state index contributed by atoms with van der Waals surface area (Å²) in [7, 11) is 8.12. The highest BCUT2D eigenvalue weighted by Crippen LogP contribution is 2.37. The third-order valence-corrected chi connectivity index (χ3v) is 7.85. The normalized spacial score (nSPS) is 12.0. The molecule has 10 heteroatoms. The highest BCUT2D eigenvalue weighted by Gasteiger charge is 2.30. The maximum atomic E-state index is 14.0. The maximum Gasteiger partial charge on any atom is 0.336 e. The summed E-state index contributed by atoms with van der Waals surface area (Å²) in [6.07, 6.45) is 4.56. The Morgan fingerprint density at radius 2 is 1.33 bits per heavy atom. The van der Waals surface area contributed by atoms with Gasteiger partial charge in [0.05, 0.1) is 21.9 Å². The number of fused-ring (bicyclic) bond motifs is 2. The van der Waals surface area contributed by atoms with Crippen molar-refractivity contribution in [3.63, 3.8) is 0 Å². The van der Waals surface area contributed by atoms with Crippen molar-refractivity contribution in [2.24, 2.45) is 10.8 Å². The first-order chi connectivity index (χ1) is 19.0. The first-order valence-electron chi connectivity index (χ1n) is 14.3. The molecule has 43 heavy (non-hydrogen) atoms. The summed E-state index contributed by atoms with van der Waals surface area (Å²) in [6.45, 7) is 10.3. The van der Waals surface area contributed by atoms with Crippen LogP contribution in [0.4, 0.5) is 0 Å². The quantitative estimate of drug-likeness (QED) is 0.181. The van der Waals surface area contributed by atoms with Gasteiger partial charge in [-0.15, -0.1) is 24.8 Å². The molecule has 1 heterocycles. The fraction of sp³-hybridized carbons (Fsp3) is 0.545. The zero-order valence-electron chi connectivity index (χ0n) is 26.7. The van der Waals surface area contributed by atoms with Gasteiger partial charge in [0.25, 0.3) is 0 Å². The molecule has 0 radical (unpaired) electrons. The van der Waals surface area contributed by atoms with Crippen molar-refractivity contribution in [2.75, 3.05) is 41.3 Å². The minimum atomic E-state index is -1.15. The molecule has 3 rings (SSSR count). The molecule has 0 saturated heterocycles. The predicted octanol–water partition coefficient (Wildman–Crippen LogP) is 7.01. The van der Waals surface area contributed by atoms with Gasteiger partial charge in [0.2, 0.25) is 5.43 Å². The first kappa shape index (κ1) is 38.4. The summed E-state index contributed by atoms with van der Waals surface area (Å²) in [5, 5.41) is 20.5. The van der Waals surface area contributed by atoms with Crippen LogP contribution in [0.5, 0.6) is 0 Å². The van der Waals surface area contributed by atoms with Gasteiger partial charge in [0.15, 0.2) is 0 Å². The lowest BCUT2D eigenvalue weighted by Gasteiger charge is -2.29. The summed E-state index contributed by atoms with van der Waals surface area (Å²) in [5.74, 6) is -2.21. The summed E-state index contributed by atoms with van der Waals surface area (Å²) < 4.78 is 6.23. The molecule has 3 aromatic rings. The van der Waals surface area contributed by atoms with Crippen molar-refractivity contribution in [1.29, 1.82) is 0 Å². The van der Waals surface area contributed by atoms with Crippen molar-refractivity contribution in [3.05, 3.63) is 56.7 Å². The average Bonchev–Trinajstić information content (AvgIpc) is 2.82. The highest BCUT2D eigenvalue weighted by molar-refractivity contribution is 6.02. The van der Waals surface area contributed by atoms with Crippen LogP contribution in [0.2, 0.25) is 0 Å². The number of benzene rings is 2. The van der Waals surface area contributed by atoms with Crippen LogP contribution in [0.15, 0.2) is 33.5 Å². The lowest BCUT2D eigenvalue weighted by molar-refractivity contribution is 0.0684. The molecular weight excluding hydrogens is 591 g/mol. The minimum absolute atomic E-state index is 0. The van der Waals surface area contributed by atoms with Crippen LogP contribution in [-0.2, 0) is 12.8 Å². The van der Waals surface area contributed by atoms with Gasteiger partial charge in [-0.3, -0.25) is 4.79 Å². The number of rotatable bonds is 14. The van der Waals surface area contributed by atoms with Crippen molar-refractivity contribution in [1.82, 2.24) is 9.80 Å². The SMILES string of the molecule is CN(C)CCCC(C)(C)Cc1cc2oc3ccc(C(=O)O)cc3c(=O)c2c(CC(C)(C)CCCN(C)C)c1C(=O)O.Cl.Cl. The zero-order chi connectivity index (χ0) is 30.7. The Bertz CT molecular complexity index is 1490. The minimum Gasteiger partial charge on any atom is -0.478 e. The van der Waals surface area contributed by atoms with E-state index < -0.39 is 17.4 Å². The van der Waals surface area contributed by atoms with Crippen LogP contribution < -0.4 is 5.43 Å². The lowest BCUT2D eigenvalue weighted by atomic mass is 9.75. The number of hydrogen-bond donors (Lipinski definition) is 2. The Balaban J connectivity index is 0.00000462. The molecule has 2 aromatic carbocycles. The fourth-order valence-corrected chi connectivity index (χ4v) is 5.78. The van der Waals surface area contributed by atoms with Crippen molar-refractivity contribution < 1.29 is 24.2 Å². The molecule has 0 amide bonds. The van der Waals surface area contributed by atoms with E-state index in [1.54, 1.807) is 6.07 Å². The van der Waals surface area contributed by atoms with E-state index in [-0.39, 0.29) is 63.1 Å². The number of carbonyl (C=O) groups is 2. The Morgan fingerprint density at radius 3 is 1.81 bits per heavy atom. The summed E-state index contributed by atoms with van der Waals surface area (Å²) >= 11 is 0. The molecule has 2 N–H and O–H groups in total. The zero-order valence-corrected chi connectivity index (χ0v) is 28.3. The van der Waals surface area contributed by atoms with E-state index >= 15 is 0 Å². The van der Waals surface area contributed by atoms with Gasteiger partial charge >= 0.3 is 11.9 Å². The topological polar surface area (TPSA) is 111 Å². The number of carboxylic acid groups (broad SMARTS) is 2. The summed E-state index contributed by atoms with van der Waals surface area (Å²) in [6, 6.07) is 5.95. The van der Waals surface area contributed by atoms with Crippen LogP contribution in [-0.4, -0.2) is 73.2 Å². The third kappa shape index (κ3) is 9.93. The summed E-state index contributed by atoms with van der Waals surface area (Å²) in [4.78, 5) is 42.8. The molecule has 0 bridgehead atoms. The highest BCUT2D eigenvalue weighted by atomic mass is 35.5. The van der Waals surface area contributed by atoms with Gasteiger partial charge in [-0.05, 0) is 126 Å². The van der Waals surface area contributed by atoms with Crippen LogP contribution in [0.3, 0.4) is 0 Å². The molecule has 0 atom stereocenters. The lowest BCUT2D eigenvalue weighted by Crippen LogP contribution is -2.24. The third-order valence-electron chi connectivity index (χ3n) is 7.85. The summed E-state index contributed by atoms with van der Waals surface area (Å²) in [5.41, 5.74) is 1.02. The number of nitrogens with zero attached hydrogens (tertiary/aromatic N) is 2. The molecule has 0 fully saturated rings. The first-order valence-corrected chi connectivity index (χ1v) is 14.3. The number of hydrogen-bond acceptors (Lipinski definition) is 6. The second-order valence-corrected chi connectivity index (χ2v) is 13.5. The van der Waals surface area contributed by atoms with Gasteiger partial charge in [0, 0.05) is 0 Å². The van der Waals surface area contributed by atoms with Gasteiger partial charge in [-0.2, -0.15) is 0 Å². The molecule has 0 aliphatic carbocycles. The Labute approximate surface area is 267 Å². The Kier molecular flexibility index (Phi) is 13.7. The van der Waals surface area contributed by atoms with E-state index in [0.717, 1.165) is 38.8 Å².